The Morgan fingerprint density at radius 3 is 2.72 bits per heavy atom. The molecule has 5 nitrogen and oxygen atoms in total. The van der Waals surface area contributed by atoms with Crippen molar-refractivity contribution in [1.82, 2.24) is 9.78 Å². The van der Waals surface area contributed by atoms with Crippen molar-refractivity contribution in [2.24, 2.45) is 12.8 Å². The van der Waals surface area contributed by atoms with Crippen molar-refractivity contribution in [1.29, 1.82) is 0 Å². The number of nitrogens with two attached hydrogens (primary N) is 1. The maximum Gasteiger partial charge on any atom is 0.129 e. The molecular formula is C13H26N4O. The average molecular weight is 254 g/mol. The second-order valence-corrected chi connectivity index (χ2v) is 4.81. The van der Waals surface area contributed by atoms with Gasteiger partial charge in [-0.2, -0.15) is 5.10 Å². The van der Waals surface area contributed by atoms with Crippen LogP contribution >= 0.6 is 0 Å². The maximum atomic E-state index is 5.91. The van der Waals surface area contributed by atoms with Crippen LogP contribution in [0.3, 0.4) is 0 Å². The summed E-state index contributed by atoms with van der Waals surface area (Å²) in [7, 11) is 4.05. The molecule has 1 unspecified atom stereocenters. The highest BCUT2D eigenvalue weighted by Gasteiger charge is 2.17. The number of hydrogen-bond donors (Lipinski definition) is 1. The van der Waals surface area contributed by atoms with Gasteiger partial charge in [-0.25, -0.2) is 0 Å². The van der Waals surface area contributed by atoms with Crippen molar-refractivity contribution in [2.45, 2.75) is 33.2 Å². The molecule has 0 fully saturated rings. The summed E-state index contributed by atoms with van der Waals surface area (Å²) in [6.45, 7) is 8.42. The minimum Gasteiger partial charge on any atom is -0.380 e. The molecule has 1 heterocycles. The Labute approximate surface area is 110 Å². The highest BCUT2D eigenvalue weighted by Crippen LogP contribution is 2.23. The van der Waals surface area contributed by atoms with E-state index < -0.39 is 0 Å². The van der Waals surface area contributed by atoms with Gasteiger partial charge in [0.1, 0.15) is 5.82 Å². The lowest BCUT2D eigenvalue weighted by atomic mass is 10.1. The molecule has 0 radical (unpaired) electrons. The second kappa shape index (κ2) is 6.75. The Kier molecular flexibility index (Phi) is 5.62. The topological polar surface area (TPSA) is 56.3 Å². The molecule has 1 aromatic rings. The molecule has 2 N–H and O–H groups in total. The molecule has 5 heteroatoms. The molecule has 0 bridgehead atoms. The Balaban J connectivity index is 2.85. The quantitative estimate of drug-likeness (QED) is 0.740. The molecule has 0 aliphatic carbocycles. The fourth-order valence-electron chi connectivity index (χ4n) is 2.18. The van der Waals surface area contributed by atoms with Crippen LogP contribution in [-0.4, -0.2) is 42.6 Å². The van der Waals surface area contributed by atoms with Gasteiger partial charge in [0, 0.05) is 38.9 Å². The summed E-state index contributed by atoms with van der Waals surface area (Å²) < 4.78 is 7.33. The number of likely N-dealkylation sites (N-methyl/N-ethyl adjacent to an activating group) is 1. The number of ether oxygens (including phenoxy) is 1. The molecule has 0 aliphatic heterocycles. The minimum absolute atomic E-state index is 0.145. The summed E-state index contributed by atoms with van der Waals surface area (Å²) in [5.74, 6) is 1.14. The van der Waals surface area contributed by atoms with Crippen molar-refractivity contribution >= 4 is 5.82 Å². The molecule has 1 atom stereocenters. The Bertz CT molecular complexity index is 373. The van der Waals surface area contributed by atoms with Gasteiger partial charge < -0.3 is 15.4 Å². The molecule has 0 aliphatic rings. The third-order valence-corrected chi connectivity index (χ3v) is 2.98. The number of rotatable bonds is 7. The Morgan fingerprint density at radius 2 is 2.17 bits per heavy atom. The first kappa shape index (κ1) is 15.0. The molecule has 0 saturated carbocycles. The predicted molar refractivity (Wildman–Crippen MR) is 75.1 cm³/mol. The highest BCUT2D eigenvalue weighted by atomic mass is 16.5. The van der Waals surface area contributed by atoms with Gasteiger partial charge in [-0.05, 0) is 27.2 Å². The first-order chi connectivity index (χ1) is 8.47. The molecule has 1 rings (SSSR count). The lowest BCUT2D eigenvalue weighted by Crippen LogP contribution is -2.27. The summed E-state index contributed by atoms with van der Waals surface area (Å²) in [4.78, 5) is 2.19. The summed E-state index contributed by atoms with van der Waals surface area (Å²) in [5.41, 5.74) is 8.22. The molecule has 18 heavy (non-hydrogen) atoms. The van der Waals surface area contributed by atoms with E-state index in [2.05, 4.69) is 17.0 Å². The van der Waals surface area contributed by atoms with Crippen molar-refractivity contribution in [2.75, 3.05) is 31.7 Å². The molecule has 0 saturated heterocycles. The van der Waals surface area contributed by atoms with Crippen LogP contribution in [0.25, 0.3) is 0 Å². The second-order valence-electron chi connectivity index (χ2n) is 4.81. The Hall–Kier alpha value is -1.07. The van der Waals surface area contributed by atoms with E-state index in [4.69, 9.17) is 10.5 Å². The van der Waals surface area contributed by atoms with Gasteiger partial charge in [-0.3, -0.25) is 4.68 Å². The summed E-state index contributed by atoms with van der Waals surface area (Å²) in [6, 6.07) is 0.145. The van der Waals surface area contributed by atoms with Crippen molar-refractivity contribution in [3.8, 4) is 0 Å². The van der Waals surface area contributed by atoms with Gasteiger partial charge >= 0.3 is 0 Å². The largest absolute Gasteiger partial charge is 0.380 e. The molecular weight excluding hydrogens is 228 g/mol. The molecule has 0 aromatic carbocycles. The van der Waals surface area contributed by atoms with E-state index in [0.717, 1.165) is 37.7 Å². The molecule has 0 amide bonds. The smallest absolute Gasteiger partial charge is 0.129 e. The summed E-state index contributed by atoms with van der Waals surface area (Å²) >= 11 is 0. The van der Waals surface area contributed by atoms with Gasteiger partial charge in [0.25, 0.3) is 0 Å². The van der Waals surface area contributed by atoms with Crippen LogP contribution in [0.15, 0.2) is 0 Å². The van der Waals surface area contributed by atoms with E-state index in [9.17, 15) is 0 Å². The SMILES string of the molecule is CCOCCN(C)c1c(CC(C)N)c(C)nn1C. The van der Waals surface area contributed by atoms with Gasteiger partial charge in [0.05, 0.1) is 12.3 Å². The average Bonchev–Trinajstić information content (AvgIpc) is 2.53. The number of hydrogen-bond acceptors (Lipinski definition) is 4. The third kappa shape index (κ3) is 3.71. The maximum absolute atomic E-state index is 5.91. The zero-order chi connectivity index (χ0) is 13.7. The van der Waals surface area contributed by atoms with E-state index >= 15 is 0 Å². The van der Waals surface area contributed by atoms with Gasteiger partial charge in [0.15, 0.2) is 0 Å². The fraction of sp³-hybridized carbons (Fsp3) is 0.769. The number of aromatic nitrogens is 2. The fourth-order valence-corrected chi connectivity index (χ4v) is 2.18. The first-order valence-corrected chi connectivity index (χ1v) is 6.54. The van der Waals surface area contributed by atoms with Gasteiger partial charge in [-0.1, -0.05) is 0 Å². The molecule has 0 spiro atoms. The predicted octanol–water partition coefficient (Wildman–Crippen LogP) is 1.09. The van der Waals surface area contributed by atoms with E-state index in [1.165, 1.54) is 5.56 Å². The van der Waals surface area contributed by atoms with Crippen molar-refractivity contribution in [3.63, 3.8) is 0 Å². The van der Waals surface area contributed by atoms with E-state index in [1.807, 2.05) is 32.5 Å². The monoisotopic (exact) mass is 254 g/mol. The van der Waals surface area contributed by atoms with E-state index in [0.29, 0.717) is 0 Å². The summed E-state index contributed by atoms with van der Waals surface area (Å²) in [5, 5.41) is 4.49. The zero-order valence-corrected chi connectivity index (χ0v) is 12.2. The van der Waals surface area contributed by atoms with Crippen molar-refractivity contribution in [3.05, 3.63) is 11.3 Å². The number of anilines is 1. The van der Waals surface area contributed by atoms with E-state index in [-0.39, 0.29) is 6.04 Å². The zero-order valence-electron chi connectivity index (χ0n) is 12.2. The van der Waals surface area contributed by atoms with Crippen molar-refractivity contribution < 1.29 is 4.74 Å². The number of nitrogens with zero attached hydrogens (tertiary/aromatic N) is 3. The number of aryl methyl sites for hydroxylation is 2. The highest BCUT2D eigenvalue weighted by molar-refractivity contribution is 5.50. The van der Waals surface area contributed by atoms with Crippen LogP contribution in [0.2, 0.25) is 0 Å². The Morgan fingerprint density at radius 1 is 1.50 bits per heavy atom. The lowest BCUT2D eigenvalue weighted by molar-refractivity contribution is 0.154. The van der Waals surface area contributed by atoms with Crippen LogP contribution < -0.4 is 10.6 Å². The van der Waals surface area contributed by atoms with Crippen LogP contribution in [0.4, 0.5) is 5.82 Å². The van der Waals surface area contributed by atoms with Gasteiger partial charge in [0.2, 0.25) is 0 Å². The molecule has 1 aromatic heterocycles. The normalized spacial score (nSPS) is 12.8. The van der Waals surface area contributed by atoms with Crippen LogP contribution in [0.1, 0.15) is 25.1 Å². The van der Waals surface area contributed by atoms with Crippen LogP contribution in [0.5, 0.6) is 0 Å². The molecule has 104 valence electrons. The van der Waals surface area contributed by atoms with E-state index in [1.54, 1.807) is 0 Å². The van der Waals surface area contributed by atoms with Crippen LogP contribution in [0, 0.1) is 6.92 Å². The summed E-state index contributed by atoms with van der Waals surface area (Å²) in [6.07, 6.45) is 0.855. The lowest BCUT2D eigenvalue weighted by Gasteiger charge is -2.21. The first-order valence-electron chi connectivity index (χ1n) is 6.54. The van der Waals surface area contributed by atoms with Gasteiger partial charge in [-0.15, -0.1) is 0 Å². The standard InChI is InChI=1S/C13H26N4O/c1-6-18-8-7-16(4)13-12(9-10(2)14)11(3)15-17(13)5/h10H,6-9,14H2,1-5H3. The third-order valence-electron chi connectivity index (χ3n) is 2.98. The minimum atomic E-state index is 0.145. The van der Waals surface area contributed by atoms with Crippen LogP contribution in [-0.2, 0) is 18.2 Å².